The number of anilines is 3. The first kappa shape index (κ1) is 24.8. The van der Waals surface area contributed by atoms with Gasteiger partial charge in [-0.2, -0.15) is 0 Å². The van der Waals surface area contributed by atoms with Crippen molar-refractivity contribution in [2.75, 3.05) is 9.80 Å². The molecule has 8 nitrogen and oxygen atoms in total. The summed E-state index contributed by atoms with van der Waals surface area (Å²) in [6, 6.07) is 16.9. The third kappa shape index (κ3) is 3.65. The van der Waals surface area contributed by atoms with Gasteiger partial charge in [0.1, 0.15) is 21.2 Å². The zero-order chi connectivity index (χ0) is 28.1. The smallest absolute Gasteiger partial charge is 0.334 e. The van der Waals surface area contributed by atoms with Crippen molar-refractivity contribution in [1.29, 1.82) is 0 Å². The van der Waals surface area contributed by atoms with Crippen molar-refractivity contribution in [1.82, 2.24) is 4.98 Å². The summed E-state index contributed by atoms with van der Waals surface area (Å²) in [5.74, 6) is 1.54. The maximum absolute atomic E-state index is 14.9. The van der Waals surface area contributed by atoms with Crippen LogP contribution in [0.4, 0.5) is 21.9 Å². The van der Waals surface area contributed by atoms with E-state index in [4.69, 9.17) is 10.5 Å². The Hall–Kier alpha value is -3.95. The minimum absolute atomic E-state index is 0.226. The molecule has 9 heteroatoms. The van der Waals surface area contributed by atoms with Gasteiger partial charge in [-0.3, -0.25) is 14.6 Å². The fourth-order valence-corrected chi connectivity index (χ4v) is 9.53. The number of para-hydroxylation sites is 1. The third-order valence-corrected chi connectivity index (χ3v) is 10.6. The van der Waals surface area contributed by atoms with E-state index >= 15 is 0 Å². The first-order valence-corrected chi connectivity index (χ1v) is 15.0. The number of hydrogen-bond donors (Lipinski definition) is 2. The van der Waals surface area contributed by atoms with Crippen molar-refractivity contribution in [2.24, 2.45) is 17.6 Å². The molecule has 208 valence electrons. The Kier molecular flexibility index (Phi) is 5.16. The standard InChI is InChI=1S/C32H30N4O4S/c1-18-11-22(40-21-5-3-2-4-6-21)7-8-23(18)35-24-9-10-34-29-25(24)26(27(41-29)28(33)37)36(30(35)38)31-13-19-12-20(14-31)16-32(39,15-19)17-31/h2-11,19-20,39H,12-17H2,1H3,(H2,33,37). The molecule has 2 aromatic carbocycles. The number of nitrogens with two attached hydrogens (primary N) is 1. The number of pyridine rings is 1. The van der Waals surface area contributed by atoms with Gasteiger partial charge in [-0.15, -0.1) is 11.3 Å². The van der Waals surface area contributed by atoms with Gasteiger partial charge in [-0.05, 0) is 99.2 Å². The van der Waals surface area contributed by atoms with Crippen molar-refractivity contribution in [3.63, 3.8) is 0 Å². The zero-order valence-electron chi connectivity index (χ0n) is 22.7. The number of nitrogens with zero attached hydrogens (tertiary/aromatic N) is 3. The predicted molar refractivity (Wildman–Crippen MR) is 158 cm³/mol. The van der Waals surface area contributed by atoms with Gasteiger partial charge < -0.3 is 15.6 Å². The SMILES string of the molecule is Cc1cc(Oc2ccccc2)ccc1N1C(=O)N(C23CC4CC(CC(O)(C4)C2)C3)c2c(C(N)=O)sc3nccc1c23. The highest BCUT2D eigenvalue weighted by molar-refractivity contribution is 7.21. The summed E-state index contributed by atoms with van der Waals surface area (Å²) >= 11 is 1.24. The Labute approximate surface area is 241 Å². The minimum atomic E-state index is -0.793. The number of primary amides is 1. The number of thiophene rings is 1. The van der Waals surface area contributed by atoms with Crippen LogP contribution < -0.4 is 20.3 Å². The van der Waals surface area contributed by atoms with Crippen LogP contribution in [0.3, 0.4) is 0 Å². The molecule has 0 saturated heterocycles. The van der Waals surface area contributed by atoms with Crippen LogP contribution in [0.1, 0.15) is 53.8 Å². The highest BCUT2D eigenvalue weighted by atomic mass is 32.1. The molecule has 2 atom stereocenters. The molecule has 3 amide bonds. The molecule has 0 radical (unpaired) electrons. The Morgan fingerprint density at radius 2 is 1.80 bits per heavy atom. The number of aromatic nitrogens is 1. The van der Waals surface area contributed by atoms with Gasteiger partial charge in [0.2, 0.25) is 0 Å². The summed E-state index contributed by atoms with van der Waals surface area (Å²) in [4.78, 5) is 36.9. The topological polar surface area (TPSA) is 109 Å². The van der Waals surface area contributed by atoms with E-state index in [0.717, 1.165) is 54.5 Å². The van der Waals surface area contributed by atoms with Crippen LogP contribution in [0.5, 0.6) is 11.5 Å². The van der Waals surface area contributed by atoms with Crippen LogP contribution in [0.2, 0.25) is 0 Å². The molecule has 4 saturated carbocycles. The van der Waals surface area contributed by atoms with Crippen molar-refractivity contribution in [3.8, 4) is 11.5 Å². The molecule has 4 fully saturated rings. The van der Waals surface area contributed by atoms with Crippen LogP contribution in [-0.2, 0) is 0 Å². The Morgan fingerprint density at radius 3 is 2.49 bits per heavy atom. The highest BCUT2D eigenvalue weighted by Gasteiger charge is 2.62. The molecule has 3 heterocycles. The lowest BCUT2D eigenvalue weighted by atomic mass is 9.50. The van der Waals surface area contributed by atoms with E-state index in [2.05, 4.69) is 4.98 Å². The number of carbonyl (C=O) groups excluding carboxylic acids is 2. The van der Waals surface area contributed by atoms with E-state index < -0.39 is 17.0 Å². The molecule has 5 aliphatic rings. The monoisotopic (exact) mass is 566 g/mol. The van der Waals surface area contributed by atoms with Crippen molar-refractivity contribution < 1.29 is 19.4 Å². The van der Waals surface area contributed by atoms with E-state index in [-0.39, 0.29) is 6.03 Å². The number of benzene rings is 2. The van der Waals surface area contributed by atoms with Crippen LogP contribution in [0.15, 0.2) is 60.8 Å². The van der Waals surface area contributed by atoms with Gasteiger partial charge in [0.05, 0.1) is 33.6 Å². The molecule has 2 unspecified atom stereocenters. The fourth-order valence-electron chi connectivity index (χ4n) is 8.52. The summed E-state index contributed by atoms with van der Waals surface area (Å²) in [6.07, 6.45) is 6.42. The molecule has 2 aromatic heterocycles. The van der Waals surface area contributed by atoms with Crippen LogP contribution >= 0.6 is 11.3 Å². The number of rotatable bonds is 5. The Balaban J connectivity index is 1.30. The number of carbonyl (C=O) groups is 2. The lowest BCUT2D eigenvalue weighted by Crippen LogP contribution is -2.68. The number of ether oxygens (including phenoxy) is 1. The normalized spacial score (nSPS) is 28.0. The average molecular weight is 567 g/mol. The molecule has 41 heavy (non-hydrogen) atoms. The second-order valence-corrected chi connectivity index (χ2v) is 13.4. The van der Waals surface area contributed by atoms with Crippen LogP contribution in [0, 0.1) is 18.8 Å². The molecule has 4 aromatic rings. The van der Waals surface area contributed by atoms with Gasteiger partial charge in [0.15, 0.2) is 0 Å². The largest absolute Gasteiger partial charge is 0.457 e. The van der Waals surface area contributed by atoms with Crippen LogP contribution in [0.25, 0.3) is 10.2 Å². The van der Waals surface area contributed by atoms with Crippen molar-refractivity contribution in [2.45, 2.75) is 56.6 Å². The van der Waals surface area contributed by atoms with E-state index in [9.17, 15) is 14.7 Å². The quantitative estimate of drug-likeness (QED) is 0.281. The Bertz CT molecular complexity index is 1740. The van der Waals surface area contributed by atoms with Crippen molar-refractivity contribution >= 4 is 50.6 Å². The molecule has 4 aliphatic carbocycles. The fraction of sp³-hybridized carbons (Fsp3) is 0.344. The Morgan fingerprint density at radius 1 is 1.05 bits per heavy atom. The lowest BCUT2D eigenvalue weighted by Gasteiger charge is -2.63. The number of amides is 3. The van der Waals surface area contributed by atoms with Crippen LogP contribution in [-0.4, -0.2) is 33.2 Å². The van der Waals surface area contributed by atoms with Gasteiger partial charge in [0, 0.05) is 6.20 Å². The summed E-state index contributed by atoms with van der Waals surface area (Å²) in [5.41, 5.74) is 7.39. The molecular formula is C32H30N4O4S. The summed E-state index contributed by atoms with van der Waals surface area (Å²) in [6.45, 7) is 1.97. The molecule has 9 rings (SSSR count). The highest BCUT2D eigenvalue weighted by Crippen LogP contribution is 2.62. The maximum Gasteiger partial charge on any atom is 0.334 e. The number of aryl methyl sites for hydroxylation is 1. The number of hydrogen-bond acceptors (Lipinski definition) is 6. The lowest BCUT2D eigenvalue weighted by molar-refractivity contribution is -0.132. The van der Waals surface area contributed by atoms with Gasteiger partial charge in [0.25, 0.3) is 5.91 Å². The molecule has 0 spiro atoms. The number of urea groups is 1. The van der Waals surface area contributed by atoms with E-state index in [1.54, 1.807) is 11.1 Å². The summed E-state index contributed by atoms with van der Waals surface area (Å²) < 4.78 is 6.07. The molecule has 3 N–H and O–H groups in total. The van der Waals surface area contributed by atoms with E-state index in [1.165, 1.54) is 11.3 Å². The van der Waals surface area contributed by atoms with Crippen molar-refractivity contribution in [3.05, 3.63) is 71.2 Å². The van der Waals surface area contributed by atoms with Gasteiger partial charge in [-0.25, -0.2) is 9.78 Å². The first-order chi connectivity index (χ1) is 19.7. The average Bonchev–Trinajstić information content (AvgIpc) is 3.29. The second-order valence-electron chi connectivity index (χ2n) is 12.4. The first-order valence-electron chi connectivity index (χ1n) is 14.2. The summed E-state index contributed by atoms with van der Waals surface area (Å²) in [5, 5.41) is 12.4. The predicted octanol–water partition coefficient (Wildman–Crippen LogP) is 6.66. The zero-order valence-corrected chi connectivity index (χ0v) is 23.5. The van der Waals surface area contributed by atoms with Gasteiger partial charge >= 0.3 is 6.03 Å². The maximum atomic E-state index is 14.9. The molecule has 4 bridgehead atoms. The second kappa shape index (κ2) is 8.53. The molecule has 1 aliphatic heterocycles. The number of aliphatic hydroxyl groups is 1. The molecular weight excluding hydrogens is 536 g/mol. The van der Waals surface area contributed by atoms with Gasteiger partial charge in [-0.1, -0.05) is 18.2 Å². The van der Waals surface area contributed by atoms with E-state index in [0.29, 0.717) is 45.1 Å². The third-order valence-electron chi connectivity index (χ3n) is 9.48. The van der Waals surface area contributed by atoms with E-state index in [1.807, 2.05) is 66.4 Å². The summed E-state index contributed by atoms with van der Waals surface area (Å²) in [7, 11) is 0. The minimum Gasteiger partial charge on any atom is -0.457 e.